The molecule has 0 amide bonds. The van der Waals surface area contributed by atoms with Crippen LogP contribution in [0.3, 0.4) is 0 Å². The lowest BCUT2D eigenvalue weighted by molar-refractivity contribution is 0.0681. The van der Waals surface area contributed by atoms with Gasteiger partial charge in [0, 0.05) is 11.6 Å². The van der Waals surface area contributed by atoms with Gasteiger partial charge >= 0.3 is 5.97 Å². The number of carboxylic acids is 1. The van der Waals surface area contributed by atoms with Gasteiger partial charge in [0.15, 0.2) is 0 Å². The van der Waals surface area contributed by atoms with Crippen LogP contribution in [0.2, 0.25) is 0 Å². The highest BCUT2D eigenvalue weighted by molar-refractivity contribution is 5.87. The SMILES string of the molecule is COc1ccc(-c2cc(C(=O)O)n(C(C)C)n2)cc1C. The van der Waals surface area contributed by atoms with Crippen molar-refractivity contribution in [2.24, 2.45) is 0 Å². The Morgan fingerprint density at radius 3 is 2.50 bits per heavy atom. The smallest absolute Gasteiger partial charge is 0.354 e. The van der Waals surface area contributed by atoms with Gasteiger partial charge in [0.05, 0.1) is 12.8 Å². The Morgan fingerprint density at radius 1 is 1.35 bits per heavy atom. The molecule has 1 N–H and O–H groups in total. The van der Waals surface area contributed by atoms with Crippen LogP contribution in [-0.2, 0) is 0 Å². The zero-order valence-electron chi connectivity index (χ0n) is 12.0. The number of hydrogen-bond donors (Lipinski definition) is 1. The number of benzene rings is 1. The lowest BCUT2D eigenvalue weighted by Crippen LogP contribution is -2.11. The van der Waals surface area contributed by atoms with Crippen LogP contribution < -0.4 is 4.74 Å². The van der Waals surface area contributed by atoms with Crippen molar-refractivity contribution in [2.75, 3.05) is 7.11 Å². The number of ether oxygens (including phenoxy) is 1. The molecule has 2 rings (SSSR count). The summed E-state index contributed by atoms with van der Waals surface area (Å²) in [6, 6.07) is 7.28. The zero-order chi connectivity index (χ0) is 14.9. The molecule has 1 aromatic carbocycles. The van der Waals surface area contributed by atoms with E-state index >= 15 is 0 Å². The molecule has 0 aliphatic heterocycles. The highest BCUT2D eigenvalue weighted by atomic mass is 16.5. The van der Waals surface area contributed by atoms with Crippen LogP contribution in [-0.4, -0.2) is 28.0 Å². The lowest BCUT2D eigenvalue weighted by atomic mass is 10.1. The number of rotatable bonds is 4. The summed E-state index contributed by atoms with van der Waals surface area (Å²) in [6.07, 6.45) is 0. The quantitative estimate of drug-likeness (QED) is 0.930. The Kier molecular flexibility index (Phi) is 3.79. The Bertz CT molecular complexity index is 645. The van der Waals surface area contributed by atoms with E-state index < -0.39 is 5.97 Å². The molecule has 1 heterocycles. The first-order valence-electron chi connectivity index (χ1n) is 6.42. The van der Waals surface area contributed by atoms with Crippen molar-refractivity contribution in [3.05, 3.63) is 35.5 Å². The molecular weight excluding hydrogens is 256 g/mol. The van der Waals surface area contributed by atoms with Gasteiger partial charge in [-0.25, -0.2) is 4.79 Å². The second-order valence-corrected chi connectivity index (χ2v) is 4.94. The minimum Gasteiger partial charge on any atom is -0.496 e. The van der Waals surface area contributed by atoms with Gasteiger partial charge < -0.3 is 9.84 Å². The molecule has 0 atom stereocenters. The van der Waals surface area contributed by atoms with Gasteiger partial charge in [0.2, 0.25) is 0 Å². The van der Waals surface area contributed by atoms with Gasteiger partial charge in [0.1, 0.15) is 11.4 Å². The second kappa shape index (κ2) is 5.36. The summed E-state index contributed by atoms with van der Waals surface area (Å²) in [6.45, 7) is 5.75. The molecule has 0 aliphatic carbocycles. The van der Waals surface area contributed by atoms with E-state index in [2.05, 4.69) is 5.10 Å². The highest BCUT2D eigenvalue weighted by Gasteiger charge is 2.17. The Hall–Kier alpha value is -2.30. The molecule has 5 heteroatoms. The number of aromatic carboxylic acids is 1. The first-order chi connectivity index (χ1) is 9.43. The highest BCUT2D eigenvalue weighted by Crippen LogP contribution is 2.26. The number of aryl methyl sites for hydroxylation is 1. The predicted octanol–water partition coefficient (Wildman–Crippen LogP) is 3.15. The Labute approximate surface area is 117 Å². The van der Waals surface area contributed by atoms with Crippen molar-refractivity contribution in [1.82, 2.24) is 9.78 Å². The van der Waals surface area contributed by atoms with Crippen LogP contribution in [0.4, 0.5) is 0 Å². The van der Waals surface area contributed by atoms with E-state index in [4.69, 9.17) is 4.74 Å². The summed E-state index contributed by atoms with van der Waals surface area (Å²) in [5, 5.41) is 13.6. The van der Waals surface area contributed by atoms with Crippen LogP contribution >= 0.6 is 0 Å². The molecule has 106 valence electrons. The summed E-state index contributed by atoms with van der Waals surface area (Å²) in [5.41, 5.74) is 2.72. The molecule has 0 bridgehead atoms. The number of aromatic nitrogens is 2. The molecular formula is C15H18N2O3. The van der Waals surface area contributed by atoms with E-state index in [9.17, 15) is 9.90 Å². The summed E-state index contributed by atoms with van der Waals surface area (Å²) in [4.78, 5) is 11.3. The summed E-state index contributed by atoms with van der Waals surface area (Å²) < 4.78 is 6.75. The topological polar surface area (TPSA) is 64.3 Å². The van der Waals surface area contributed by atoms with Gasteiger partial charge in [-0.05, 0) is 50.6 Å². The number of nitrogens with zero attached hydrogens (tertiary/aromatic N) is 2. The average Bonchev–Trinajstić information content (AvgIpc) is 2.84. The summed E-state index contributed by atoms with van der Waals surface area (Å²) >= 11 is 0. The molecule has 0 spiro atoms. The number of methoxy groups -OCH3 is 1. The van der Waals surface area contributed by atoms with Crippen molar-refractivity contribution in [3.8, 4) is 17.0 Å². The van der Waals surface area contributed by atoms with E-state index in [1.807, 2.05) is 39.0 Å². The van der Waals surface area contributed by atoms with E-state index in [0.29, 0.717) is 5.69 Å². The van der Waals surface area contributed by atoms with E-state index in [1.165, 1.54) is 4.68 Å². The maximum atomic E-state index is 11.3. The average molecular weight is 274 g/mol. The zero-order valence-corrected chi connectivity index (χ0v) is 12.0. The normalized spacial score (nSPS) is 10.8. The third kappa shape index (κ3) is 2.52. The van der Waals surface area contributed by atoms with E-state index in [0.717, 1.165) is 16.9 Å². The van der Waals surface area contributed by atoms with Gasteiger partial charge in [-0.3, -0.25) is 4.68 Å². The Balaban J connectivity index is 2.50. The first kappa shape index (κ1) is 14.1. The predicted molar refractivity (Wildman–Crippen MR) is 76.3 cm³/mol. The van der Waals surface area contributed by atoms with Crippen LogP contribution in [0.1, 0.15) is 35.9 Å². The number of carbonyl (C=O) groups is 1. The fourth-order valence-corrected chi connectivity index (χ4v) is 2.13. The Morgan fingerprint density at radius 2 is 2.05 bits per heavy atom. The molecule has 0 aliphatic rings. The molecule has 2 aromatic rings. The molecule has 0 fully saturated rings. The largest absolute Gasteiger partial charge is 0.496 e. The van der Waals surface area contributed by atoms with Crippen LogP contribution in [0.15, 0.2) is 24.3 Å². The molecule has 0 saturated heterocycles. The summed E-state index contributed by atoms with van der Waals surface area (Å²) in [5.74, 6) is -0.168. The molecule has 1 aromatic heterocycles. The molecule has 0 radical (unpaired) electrons. The van der Waals surface area contributed by atoms with Crippen LogP contribution in [0, 0.1) is 6.92 Å². The minimum atomic E-state index is -0.970. The van der Waals surface area contributed by atoms with Gasteiger partial charge in [-0.15, -0.1) is 0 Å². The molecule has 0 saturated carbocycles. The van der Waals surface area contributed by atoms with E-state index in [-0.39, 0.29) is 11.7 Å². The third-order valence-electron chi connectivity index (χ3n) is 3.13. The number of hydrogen-bond acceptors (Lipinski definition) is 3. The standard InChI is InChI=1S/C15H18N2O3/c1-9(2)17-13(15(18)19)8-12(16-17)11-5-6-14(20-4)10(3)7-11/h5-9H,1-4H3,(H,18,19). The first-order valence-corrected chi connectivity index (χ1v) is 6.42. The molecule has 20 heavy (non-hydrogen) atoms. The molecule has 0 unspecified atom stereocenters. The van der Waals surface area contributed by atoms with E-state index in [1.54, 1.807) is 13.2 Å². The third-order valence-corrected chi connectivity index (χ3v) is 3.13. The van der Waals surface area contributed by atoms with Crippen LogP contribution in [0.25, 0.3) is 11.3 Å². The van der Waals surface area contributed by atoms with Crippen LogP contribution in [0.5, 0.6) is 5.75 Å². The van der Waals surface area contributed by atoms with Crippen molar-refractivity contribution in [2.45, 2.75) is 26.8 Å². The van der Waals surface area contributed by atoms with Crippen molar-refractivity contribution < 1.29 is 14.6 Å². The van der Waals surface area contributed by atoms with Crippen molar-refractivity contribution >= 4 is 5.97 Å². The summed E-state index contributed by atoms with van der Waals surface area (Å²) in [7, 11) is 1.62. The maximum absolute atomic E-state index is 11.3. The number of carboxylic acid groups (broad SMARTS) is 1. The monoisotopic (exact) mass is 274 g/mol. The lowest BCUT2D eigenvalue weighted by Gasteiger charge is -2.08. The van der Waals surface area contributed by atoms with Gasteiger partial charge in [-0.2, -0.15) is 5.10 Å². The fraction of sp³-hybridized carbons (Fsp3) is 0.333. The van der Waals surface area contributed by atoms with Gasteiger partial charge in [-0.1, -0.05) is 0 Å². The minimum absolute atomic E-state index is 0.00537. The van der Waals surface area contributed by atoms with Crippen molar-refractivity contribution in [3.63, 3.8) is 0 Å². The second-order valence-electron chi connectivity index (χ2n) is 4.94. The maximum Gasteiger partial charge on any atom is 0.354 e. The van der Waals surface area contributed by atoms with Crippen molar-refractivity contribution in [1.29, 1.82) is 0 Å². The van der Waals surface area contributed by atoms with Gasteiger partial charge in [0.25, 0.3) is 0 Å². The molecule has 5 nitrogen and oxygen atoms in total. The fourth-order valence-electron chi connectivity index (χ4n) is 2.13.